The van der Waals surface area contributed by atoms with Gasteiger partial charge in [-0.1, -0.05) is 19.1 Å². The number of hydrogen-bond acceptors (Lipinski definition) is 6. The van der Waals surface area contributed by atoms with E-state index in [-0.39, 0.29) is 11.6 Å². The van der Waals surface area contributed by atoms with E-state index in [1.807, 2.05) is 0 Å². The highest BCUT2D eigenvalue weighted by Gasteiger charge is 2.22. The first-order valence-electron chi connectivity index (χ1n) is 6.41. The zero-order chi connectivity index (χ0) is 14.5. The van der Waals surface area contributed by atoms with Gasteiger partial charge in [0.2, 0.25) is 5.89 Å². The minimum Gasteiger partial charge on any atom is -0.419 e. The van der Waals surface area contributed by atoms with Crippen LogP contribution in [0.25, 0.3) is 11.5 Å². The topological polar surface area (TPSA) is 94.1 Å². The molecular formula is C13H16N4O3. The van der Waals surface area contributed by atoms with E-state index in [0.717, 1.165) is 13.0 Å². The number of nitro groups is 1. The molecule has 2 rings (SSSR count). The zero-order valence-electron chi connectivity index (χ0n) is 11.4. The molecule has 0 radical (unpaired) electrons. The summed E-state index contributed by atoms with van der Waals surface area (Å²) in [4.78, 5) is 10.7. The molecule has 0 aliphatic carbocycles. The van der Waals surface area contributed by atoms with Crippen LogP contribution in [0.2, 0.25) is 0 Å². The van der Waals surface area contributed by atoms with Crippen LogP contribution in [0.5, 0.6) is 0 Å². The molecule has 0 aliphatic heterocycles. The van der Waals surface area contributed by atoms with E-state index >= 15 is 0 Å². The van der Waals surface area contributed by atoms with Crippen molar-refractivity contribution in [1.82, 2.24) is 15.5 Å². The third-order valence-corrected chi connectivity index (χ3v) is 2.82. The normalized spacial score (nSPS) is 10.7. The second kappa shape index (κ2) is 6.25. The number of rotatable bonds is 6. The molecule has 1 aromatic carbocycles. The number of nitro benzene ring substituents is 1. The van der Waals surface area contributed by atoms with Gasteiger partial charge >= 0.3 is 0 Å². The summed E-state index contributed by atoms with van der Waals surface area (Å²) in [5.74, 6) is 0.595. The monoisotopic (exact) mass is 276 g/mol. The lowest BCUT2D eigenvalue weighted by atomic mass is 10.1. The predicted molar refractivity (Wildman–Crippen MR) is 73.1 cm³/mol. The lowest BCUT2D eigenvalue weighted by molar-refractivity contribution is -0.384. The molecule has 1 heterocycles. The average Bonchev–Trinajstić information content (AvgIpc) is 2.87. The fourth-order valence-electron chi connectivity index (χ4n) is 1.88. The van der Waals surface area contributed by atoms with Crippen LogP contribution in [-0.2, 0) is 6.54 Å². The molecule has 1 N–H and O–H groups in total. The Labute approximate surface area is 116 Å². The molecule has 7 nitrogen and oxygen atoms in total. The number of aryl methyl sites for hydroxylation is 1. The van der Waals surface area contributed by atoms with Crippen LogP contribution in [0.15, 0.2) is 22.6 Å². The summed E-state index contributed by atoms with van der Waals surface area (Å²) < 4.78 is 5.47. The molecule has 106 valence electrons. The van der Waals surface area contributed by atoms with Crippen molar-refractivity contribution in [3.05, 3.63) is 39.8 Å². The minimum absolute atomic E-state index is 0.00390. The van der Waals surface area contributed by atoms with Crippen molar-refractivity contribution in [3.8, 4) is 11.5 Å². The van der Waals surface area contributed by atoms with Crippen molar-refractivity contribution in [3.63, 3.8) is 0 Å². The van der Waals surface area contributed by atoms with Gasteiger partial charge in [0.1, 0.15) is 5.56 Å². The Balaban J connectivity index is 2.28. The maximum Gasteiger partial charge on any atom is 0.284 e. The SMILES string of the molecule is CCCNCc1nnc(-c2cccc(C)c2[N+](=O)[O-])o1. The summed E-state index contributed by atoms with van der Waals surface area (Å²) in [7, 11) is 0. The summed E-state index contributed by atoms with van der Waals surface area (Å²) in [5.41, 5.74) is 0.921. The third-order valence-electron chi connectivity index (χ3n) is 2.82. The quantitative estimate of drug-likeness (QED) is 0.494. The van der Waals surface area contributed by atoms with Gasteiger partial charge in [0, 0.05) is 5.56 Å². The van der Waals surface area contributed by atoms with Crippen molar-refractivity contribution in [2.24, 2.45) is 0 Å². The van der Waals surface area contributed by atoms with E-state index in [1.54, 1.807) is 25.1 Å². The lowest BCUT2D eigenvalue weighted by Gasteiger charge is -2.01. The number of nitrogens with one attached hydrogen (secondary N) is 1. The molecule has 7 heteroatoms. The van der Waals surface area contributed by atoms with Gasteiger partial charge in [0.25, 0.3) is 11.6 Å². The summed E-state index contributed by atoms with van der Waals surface area (Å²) in [6, 6.07) is 5.03. The number of aromatic nitrogens is 2. The van der Waals surface area contributed by atoms with Crippen LogP contribution in [-0.4, -0.2) is 21.7 Å². The van der Waals surface area contributed by atoms with E-state index in [0.29, 0.717) is 23.6 Å². The van der Waals surface area contributed by atoms with E-state index in [9.17, 15) is 10.1 Å². The van der Waals surface area contributed by atoms with Crippen LogP contribution in [0, 0.1) is 17.0 Å². The Hall–Kier alpha value is -2.28. The largest absolute Gasteiger partial charge is 0.419 e. The van der Waals surface area contributed by atoms with Crippen molar-refractivity contribution in [2.45, 2.75) is 26.8 Å². The minimum atomic E-state index is -0.427. The van der Waals surface area contributed by atoms with Crippen molar-refractivity contribution in [2.75, 3.05) is 6.54 Å². The highest BCUT2D eigenvalue weighted by Crippen LogP contribution is 2.31. The van der Waals surface area contributed by atoms with E-state index < -0.39 is 4.92 Å². The summed E-state index contributed by atoms with van der Waals surface area (Å²) in [6.45, 7) is 5.05. The van der Waals surface area contributed by atoms with Crippen molar-refractivity contribution in [1.29, 1.82) is 0 Å². The number of benzene rings is 1. The highest BCUT2D eigenvalue weighted by molar-refractivity contribution is 5.69. The van der Waals surface area contributed by atoms with Crippen LogP contribution < -0.4 is 5.32 Å². The molecule has 0 spiro atoms. The molecular weight excluding hydrogens is 260 g/mol. The molecule has 0 fully saturated rings. The standard InChI is InChI=1S/C13H16N4O3/c1-3-7-14-8-11-15-16-13(20-11)10-6-4-5-9(2)12(10)17(18)19/h4-6,14H,3,7-8H2,1-2H3. The van der Waals surface area contributed by atoms with Crippen LogP contribution in [0.3, 0.4) is 0 Å². The van der Waals surface area contributed by atoms with E-state index in [1.165, 1.54) is 0 Å². The Kier molecular flexibility index (Phi) is 4.41. The van der Waals surface area contributed by atoms with Gasteiger partial charge in [-0.2, -0.15) is 0 Å². The van der Waals surface area contributed by atoms with E-state index in [4.69, 9.17) is 4.42 Å². The highest BCUT2D eigenvalue weighted by atomic mass is 16.6. The van der Waals surface area contributed by atoms with Gasteiger partial charge in [-0.25, -0.2) is 0 Å². The molecule has 0 saturated carbocycles. The third kappa shape index (κ3) is 3.00. The van der Waals surface area contributed by atoms with E-state index in [2.05, 4.69) is 22.4 Å². The number of nitrogens with zero attached hydrogens (tertiary/aromatic N) is 3. The van der Waals surface area contributed by atoms with Gasteiger partial charge < -0.3 is 9.73 Å². The van der Waals surface area contributed by atoms with Crippen LogP contribution >= 0.6 is 0 Å². The summed E-state index contributed by atoms with van der Waals surface area (Å²) in [6.07, 6.45) is 1.00. The first-order valence-corrected chi connectivity index (χ1v) is 6.41. The Morgan fingerprint density at radius 1 is 1.40 bits per heavy atom. The molecule has 0 amide bonds. The maximum absolute atomic E-state index is 11.1. The molecule has 2 aromatic rings. The van der Waals surface area contributed by atoms with Crippen LogP contribution in [0.1, 0.15) is 24.8 Å². The summed E-state index contributed by atoms with van der Waals surface area (Å²) in [5, 5.41) is 22.1. The van der Waals surface area contributed by atoms with Crippen LogP contribution in [0.4, 0.5) is 5.69 Å². The summed E-state index contributed by atoms with van der Waals surface area (Å²) >= 11 is 0. The first-order chi connectivity index (χ1) is 9.63. The van der Waals surface area contributed by atoms with Gasteiger partial charge in [0.05, 0.1) is 11.5 Å². The number of hydrogen-bond donors (Lipinski definition) is 1. The molecule has 0 atom stereocenters. The lowest BCUT2D eigenvalue weighted by Crippen LogP contribution is -2.13. The van der Waals surface area contributed by atoms with Crippen molar-refractivity contribution >= 4 is 5.69 Å². The Bertz CT molecular complexity index is 609. The fraction of sp³-hybridized carbons (Fsp3) is 0.385. The second-order valence-electron chi connectivity index (χ2n) is 4.41. The maximum atomic E-state index is 11.1. The molecule has 0 unspecified atom stereocenters. The Morgan fingerprint density at radius 2 is 2.20 bits per heavy atom. The first kappa shape index (κ1) is 14.1. The smallest absolute Gasteiger partial charge is 0.284 e. The fourth-order valence-corrected chi connectivity index (χ4v) is 1.88. The van der Waals surface area contributed by atoms with Crippen molar-refractivity contribution < 1.29 is 9.34 Å². The van der Waals surface area contributed by atoms with Gasteiger partial charge in [-0.15, -0.1) is 10.2 Å². The molecule has 1 aromatic heterocycles. The van der Waals surface area contributed by atoms with Gasteiger partial charge in [0.15, 0.2) is 0 Å². The second-order valence-corrected chi connectivity index (χ2v) is 4.41. The molecule has 0 saturated heterocycles. The Morgan fingerprint density at radius 3 is 2.90 bits per heavy atom. The predicted octanol–water partition coefficient (Wildman–Crippen LogP) is 2.45. The zero-order valence-corrected chi connectivity index (χ0v) is 11.4. The molecule has 20 heavy (non-hydrogen) atoms. The molecule has 0 bridgehead atoms. The van der Waals surface area contributed by atoms with Gasteiger partial charge in [-0.05, 0) is 26.0 Å². The van der Waals surface area contributed by atoms with Gasteiger partial charge in [-0.3, -0.25) is 10.1 Å². The number of para-hydroxylation sites is 1. The molecule has 0 aliphatic rings. The average molecular weight is 276 g/mol.